The summed E-state index contributed by atoms with van der Waals surface area (Å²) in [6, 6.07) is 18.2. The van der Waals surface area contributed by atoms with Crippen LogP contribution in [0.25, 0.3) is 22.3 Å². The Balaban J connectivity index is 1.38. The number of anilines is 1. The molecule has 1 aliphatic carbocycles. The molecule has 0 bridgehead atoms. The van der Waals surface area contributed by atoms with Crippen LogP contribution in [0.15, 0.2) is 72.9 Å². The number of aryl methyl sites for hydroxylation is 1. The number of halogens is 2. The Morgan fingerprint density at radius 3 is 2.26 bits per heavy atom. The molecule has 1 N–H and O–H groups in total. The number of methoxy groups -OCH3 is 1. The number of rotatable bonds is 7. The van der Waals surface area contributed by atoms with Gasteiger partial charge in [0.05, 0.1) is 18.7 Å². The van der Waals surface area contributed by atoms with Crippen LogP contribution >= 0.6 is 0 Å². The van der Waals surface area contributed by atoms with E-state index in [0.717, 1.165) is 23.3 Å². The first kappa shape index (κ1) is 26.1. The molecule has 39 heavy (non-hydrogen) atoms. The highest BCUT2D eigenvalue weighted by Gasteiger charge is 2.52. The van der Waals surface area contributed by atoms with Crippen LogP contribution in [-0.4, -0.2) is 29.0 Å². The number of nitrogens with one attached hydrogen (secondary N) is 1. The topological polar surface area (TPSA) is 82.5 Å². The molecular formula is C30H27F2N3O4. The molecule has 0 radical (unpaired) electrons. The minimum Gasteiger partial charge on any atom is -0.468 e. The number of carbonyl (C=O) groups is 2. The van der Waals surface area contributed by atoms with E-state index in [0.29, 0.717) is 18.4 Å². The fourth-order valence-corrected chi connectivity index (χ4v) is 4.74. The Kier molecular flexibility index (Phi) is 6.91. The fourth-order valence-electron chi connectivity index (χ4n) is 4.74. The van der Waals surface area contributed by atoms with Crippen molar-refractivity contribution >= 4 is 17.9 Å². The molecule has 1 aromatic heterocycles. The van der Waals surface area contributed by atoms with E-state index >= 15 is 8.78 Å². The highest BCUT2D eigenvalue weighted by atomic mass is 19.1. The molecule has 1 atom stereocenters. The van der Waals surface area contributed by atoms with Gasteiger partial charge in [-0.25, -0.2) is 13.6 Å². The Hall–Kier alpha value is -4.53. The van der Waals surface area contributed by atoms with E-state index in [-0.39, 0.29) is 28.5 Å². The lowest BCUT2D eigenvalue weighted by Gasteiger charge is -2.16. The van der Waals surface area contributed by atoms with Crippen molar-refractivity contribution in [3.63, 3.8) is 0 Å². The van der Waals surface area contributed by atoms with Crippen molar-refractivity contribution in [2.45, 2.75) is 31.3 Å². The third-order valence-electron chi connectivity index (χ3n) is 7.13. The Labute approximate surface area is 224 Å². The summed E-state index contributed by atoms with van der Waals surface area (Å²) in [7, 11) is 2.93. The van der Waals surface area contributed by atoms with E-state index in [1.165, 1.54) is 18.0 Å². The van der Waals surface area contributed by atoms with Crippen LogP contribution in [0.2, 0.25) is 0 Å². The van der Waals surface area contributed by atoms with Crippen LogP contribution in [0.3, 0.4) is 0 Å². The summed E-state index contributed by atoms with van der Waals surface area (Å²) in [5, 5.41) is 6.72. The molecule has 1 fully saturated rings. The molecule has 0 spiro atoms. The van der Waals surface area contributed by atoms with E-state index < -0.39 is 29.2 Å². The number of amides is 1. The predicted molar refractivity (Wildman–Crippen MR) is 142 cm³/mol. The first-order valence-electron chi connectivity index (χ1n) is 12.5. The SMILES string of the molecule is COC(=O)C1(c2ccc(-c3cc(F)c(-c4cnn(C)c4NC(=O)O[C@H](C)c4ccccc4)cc3F)cc2)CC1. The van der Waals surface area contributed by atoms with Crippen molar-refractivity contribution in [2.24, 2.45) is 7.05 Å². The molecule has 3 aromatic carbocycles. The minimum atomic E-state index is -0.755. The lowest BCUT2D eigenvalue weighted by molar-refractivity contribution is -0.143. The van der Waals surface area contributed by atoms with Gasteiger partial charge in [0.1, 0.15) is 23.6 Å². The van der Waals surface area contributed by atoms with E-state index in [9.17, 15) is 9.59 Å². The van der Waals surface area contributed by atoms with Gasteiger partial charge in [-0.3, -0.25) is 14.8 Å². The highest BCUT2D eigenvalue weighted by Crippen LogP contribution is 2.49. The normalized spacial score (nSPS) is 14.4. The number of hydrogen-bond donors (Lipinski definition) is 1. The molecule has 1 aliphatic rings. The van der Waals surface area contributed by atoms with Crippen LogP contribution in [0.4, 0.5) is 19.4 Å². The smallest absolute Gasteiger partial charge is 0.413 e. The maximum Gasteiger partial charge on any atom is 0.413 e. The number of hydrogen-bond acceptors (Lipinski definition) is 5. The zero-order valence-electron chi connectivity index (χ0n) is 21.7. The second kappa shape index (κ2) is 10.3. The number of nitrogens with zero attached hydrogens (tertiary/aromatic N) is 2. The summed E-state index contributed by atoms with van der Waals surface area (Å²) in [5.41, 5.74) is 1.63. The standard InChI is InChI=1S/C30H27F2N3O4/c1-18(19-7-5-4-6-8-19)39-29(37)34-27-24(17-33-35(27)2)23-16-25(31)22(15-26(23)32)20-9-11-21(12-10-20)30(13-14-30)28(36)38-3/h4-12,15-18H,13-14H2,1-3H3,(H,34,37)/t18-/m1/s1. The predicted octanol–water partition coefficient (Wildman–Crippen LogP) is 6.55. The molecule has 7 nitrogen and oxygen atoms in total. The molecular weight excluding hydrogens is 504 g/mol. The lowest BCUT2D eigenvalue weighted by atomic mass is 9.93. The number of benzene rings is 3. The van der Waals surface area contributed by atoms with Gasteiger partial charge in [0.15, 0.2) is 0 Å². The van der Waals surface area contributed by atoms with Gasteiger partial charge in [-0.1, -0.05) is 54.6 Å². The Morgan fingerprint density at radius 2 is 1.62 bits per heavy atom. The summed E-state index contributed by atoms with van der Waals surface area (Å²) in [6.45, 7) is 1.74. The fraction of sp³-hybridized carbons (Fsp3) is 0.233. The molecule has 0 saturated heterocycles. The van der Waals surface area contributed by atoms with Gasteiger partial charge in [0.2, 0.25) is 0 Å². The molecule has 0 aliphatic heterocycles. The third kappa shape index (κ3) is 4.99. The second-order valence-electron chi connectivity index (χ2n) is 9.58. The molecule has 1 heterocycles. The second-order valence-corrected chi connectivity index (χ2v) is 9.58. The van der Waals surface area contributed by atoms with E-state index in [1.807, 2.05) is 30.3 Å². The monoisotopic (exact) mass is 531 g/mol. The van der Waals surface area contributed by atoms with Gasteiger partial charge < -0.3 is 9.47 Å². The van der Waals surface area contributed by atoms with Gasteiger partial charge in [0, 0.05) is 23.7 Å². The highest BCUT2D eigenvalue weighted by molar-refractivity contribution is 5.90. The Bertz CT molecular complexity index is 1530. The molecule has 4 aromatic rings. The van der Waals surface area contributed by atoms with Gasteiger partial charge in [-0.15, -0.1) is 0 Å². The maximum absolute atomic E-state index is 15.4. The van der Waals surface area contributed by atoms with Crippen molar-refractivity contribution in [1.29, 1.82) is 0 Å². The van der Waals surface area contributed by atoms with E-state index in [2.05, 4.69) is 10.4 Å². The van der Waals surface area contributed by atoms with Crippen LogP contribution in [-0.2, 0) is 26.7 Å². The van der Waals surface area contributed by atoms with Gasteiger partial charge in [0.25, 0.3) is 0 Å². The summed E-state index contributed by atoms with van der Waals surface area (Å²) >= 11 is 0. The maximum atomic E-state index is 15.4. The summed E-state index contributed by atoms with van der Waals surface area (Å²) in [6.07, 6.45) is 1.46. The number of esters is 1. The molecule has 200 valence electrons. The van der Waals surface area contributed by atoms with E-state index in [1.54, 1.807) is 38.2 Å². The molecule has 1 amide bonds. The minimum absolute atomic E-state index is 0.0602. The van der Waals surface area contributed by atoms with Crippen molar-refractivity contribution in [1.82, 2.24) is 9.78 Å². The zero-order valence-corrected chi connectivity index (χ0v) is 21.7. The van der Waals surface area contributed by atoms with Gasteiger partial charge in [-0.05, 0) is 48.6 Å². The summed E-state index contributed by atoms with van der Waals surface area (Å²) in [4.78, 5) is 24.8. The van der Waals surface area contributed by atoms with E-state index in [4.69, 9.17) is 9.47 Å². The lowest BCUT2D eigenvalue weighted by Crippen LogP contribution is -2.21. The van der Waals surface area contributed by atoms with Crippen LogP contribution in [0.1, 0.15) is 37.0 Å². The molecule has 0 unspecified atom stereocenters. The van der Waals surface area contributed by atoms with Crippen LogP contribution in [0.5, 0.6) is 0 Å². The van der Waals surface area contributed by atoms with Crippen molar-refractivity contribution < 1.29 is 27.8 Å². The van der Waals surface area contributed by atoms with Gasteiger partial charge in [-0.2, -0.15) is 5.10 Å². The Morgan fingerprint density at radius 1 is 0.974 bits per heavy atom. The summed E-state index contributed by atoms with van der Waals surface area (Å²) in [5.74, 6) is -1.47. The number of ether oxygens (including phenoxy) is 2. The quantitative estimate of drug-likeness (QED) is 0.274. The van der Waals surface area contributed by atoms with Crippen molar-refractivity contribution in [3.8, 4) is 22.3 Å². The van der Waals surface area contributed by atoms with Crippen molar-refractivity contribution in [3.05, 3.63) is 95.7 Å². The zero-order chi connectivity index (χ0) is 27.7. The number of aromatic nitrogens is 2. The van der Waals surface area contributed by atoms with Crippen molar-refractivity contribution in [2.75, 3.05) is 12.4 Å². The van der Waals surface area contributed by atoms with Gasteiger partial charge >= 0.3 is 12.1 Å². The first-order chi connectivity index (χ1) is 18.7. The molecule has 5 rings (SSSR count). The molecule has 1 saturated carbocycles. The molecule has 9 heteroatoms. The number of carbonyl (C=O) groups excluding carboxylic acids is 2. The van der Waals surface area contributed by atoms with Crippen LogP contribution in [0, 0.1) is 11.6 Å². The third-order valence-corrected chi connectivity index (χ3v) is 7.13. The largest absolute Gasteiger partial charge is 0.468 e. The summed E-state index contributed by atoms with van der Waals surface area (Å²) < 4.78 is 42.4. The average molecular weight is 532 g/mol. The first-order valence-corrected chi connectivity index (χ1v) is 12.5. The van der Waals surface area contributed by atoms with Crippen LogP contribution < -0.4 is 5.32 Å². The average Bonchev–Trinajstić information content (AvgIpc) is 3.69.